The van der Waals surface area contributed by atoms with Crippen LogP contribution in [0.25, 0.3) is 0 Å². The summed E-state index contributed by atoms with van der Waals surface area (Å²) in [5, 5.41) is 0. The Labute approximate surface area is 120 Å². The maximum Gasteiger partial charge on any atom is 0.169 e. The fourth-order valence-electron chi connectivity index (χ4n) is 2.48. The standard InChI is InChI=1S/C17H21NO2/c1-17(2,16(19)15-7-5-4-6-8-15)13-18(3)11-14-9-10-20-12-14/h4-10,12H,11,13H2,1-3H3. The number of Topliss-reactive ketones (excluding diaryl/α,β-unsaturated/α-hetero) is 1. The maximum atomic E-state index is 12.6. The molecule has 0 fully saturated rings. The molecule has 0 spiro atoms. The van der Waals surface area contributed by atoms with Crippen LogP contribution in [0.4, 0.5) is 0 Å². The second-order valence-corrected chi connectivity index (χ2v) is 5.88. The molecule has 0 aliphatic heterocycles. The Bertz CT molecular complexity index is 544. The summed E-state index contributed by atoms with van der Waals surface area (Å²) in [6, 6.07) is 11.4. The molecule has 3 heteroatoms. The van der Waals surface area contributed by atoms with Crippen molar-refractivity contribution in [2.24, 2.45) is 5.41 Å². The largest absolute Gasteiger partial charge is 0.472 e. The van der Waals surface area contributed by atoms with E-state index in [9.17, 15) is 4.79 Å². The summed E-state index contributed by atoms with van der Waals surface area (Å²) in [5.74, 6) is 0.178. The first kappa shape index (κ1) is 14.5. The molecule has 0 N–H and O–H groups in total. The summed E-state index contributed by atoms with van der Waals surface area (Å²) in [4.78, 5) is 14.7. The quantitative estimate of drug-likeness (QED) is 0.752. The summed E-state index contributed by atoms with van der Waals surface area (Å²) in [6.07, 6.45) is 3.41. The molecule has 0 amide bonds. The molecule has 1 heterocycles. The molecule has 1 aromatic carbocycles. The highest BCUT2D eigenvalue weighted by Gasteiger charge is 2.29. The van der Waals surface area contributed by atoms with Crippen LogP contribution >= 0.6 is 0 Å². The zero-order chi connectivity index (χ0) is 14.6. The molecule has 1 aromatic heterocycles. The van der Waals surface area contributed by atoms with E-state index in [0.717, 1.165) is 17.7 Å². The Balaban J connectivity index is 2.01. The van der Waals surface area contributed by atoms with Crippen molar-refractivity contribution < 1.29 is 9.21 Å². The van der Waals surface area contributed by atoms with Crippen LogP contribution in [0.15, 0.2) is 53.3 Å². The van der Waals surface area contributed by atoms with E-state index in [-0.39, 0.29) is 5.78 Å². The van der Waals surface area contributed by atoms with Gasteiger partial charge < -0.3 is 9.32 Å². The SMILES string of the molecule is CN(Cc1ccoc1)CC(C)(C)C(=O)c1ccccc1. The average Bonchev–Trinajstić information content (AvgIpc) is 2.91. The highest BCUT2D eigenvalue weighted by atomic mass is 16.3. The predicted octanol–water partition coefficient (Wildman–Crippen LogP) is 3.62. The third kappa shape index (κ3) is 3.58. The van der Waals surface area contributed by atoms with Gasteiger partial charge in [-0.15, -0.1) is 0 Å². The lowest BCUT2D eigenvalue weighted by Gasteiger charge is -2.29. The number of hydrogen-bond donors (Lipinski definition) is 0. The van der Waals surface area contributed by atoms with Crippen LogP contribution < -0.4 is 0 Å². The minimum absolute atomic E-state index is 0.178. The molecule has 3 nitrogen and oxygen atoms in total. The Morgan fingerprint density at radius 1 is 1.20 bits per heavy atom. The maximum absolute atomic E-state index is 12.6. The zero-order valence-electron chi connectivity index (χ0n) is 12.3. The number of furan rings is 1. The monoisotopic (exact) mass is 271 g/mol. The van der Waals surface area contributed by atoms with Gasteiger partial charge in [0, 0.05) is 29.6 Å². The van der Waals surface area contributed by atoms with Gasteiger partial charge >= 0.3 is 0 Å². The third-order valence-electron chi connectivity index (χ3n) is 3.35. The molecule has 20 heavy (non-hydrogen) atoms. The van der Waals surface area contributed by atoms with E-state index in [2.05, 4.69) is 4.90 Å². The number of carbonyl (C=O) groups is 1. The van der Waals surface area contributed by atoms with E-state index in [1.165, 1.54) is 0 Å². The molecule has 106 valence electrons. The van der Waals surface area contributed by atoms with E-state index in [1.54, 1.807) is 12.5 Å². The lowest BCUT2D eigenvalue weighted by Crippen LogP contribution is -2.37. The first-order chi connectivity index (χ1) is 9.49. The van der Waals surface area contributed by atoms with E-state index in [0.29, 0.717) is 6.54 Å². The van der Waals surface area contributed by atoms with Crippen molar-refractivity contribution in [1.82, 2.24) is 4.90 Å². The third-order valence-corrected chi connectivity index (χ3v) is 3.35. The summed E-state index contributed by atoms with van der Waals surface area (Å²) < 4.78 is 5.07. The van der Waals surface area contributed by atoms with Crippen LogP contribution in [0.5, 0.6) is 0 Å². The molecular weight excluding hydrogens is 250 g/mol. The summed E-state index contributed by atoms with van der Waals surface area (Å²) in [7, 11) is 2.02. The highest BCUT2D eigenvalue weighted by molar-refractivity contribution is 6.00. The normalized spacial score (nSPS) is 11.8. The van der Waals surface area contributed by atoms with E-state index in [4.69, 9.17) is 4.42 Å². The molecular formula is C17H21NO2. The predicted molar refractivity (Wildman–Crippen MR) is 79.6 cm³/mol. The molecule has 0 aliphatic rings. The number of ketones is 1. The molecule has 0 atom stereocenters. The molecule has 0 bridgehead atoms. The van der Waals surface area contributed by atoms with Gasteiger partial charge in [-0.05, 0) is 13.1 Å². The number of hydrogen-bond acceptors (Lipinski definition) is 3. The van der Waals surface area contributed by atoms with Crippen LogP contribution in [0.2, 0.25) is 0 Å². The van der Waals surface area contributed by atoms with Crippen LogP contribution in [0.3, 0.4) is 0 Å². The average molecular weight is 271 g/mol. The molecule has 0 aliphatic carbocycles. The van der Waals surface area contributed by atoms with Crippen LogP contribution in [-0.4, -0.2) is 24.3 Å². The molecule has 0 unspecified atom stereocenters. The van der Waals surface area contributed by atoms with Gasteiger partial charge in [-0.25, -0.2) is 0 Å². The molecule has 0 radical (unpaired) electrons. The van der Waals surface area contributed by atoms with E-state index >= 15 is 0 Å². The van der Waals surface area contributed by atoms with Gasteiger partial charge in [0.2, 0.25) is 0 Å². The first-order valence-corrected chi connectivity index (χ1v) is 6.78. The molecule has 0 saturated carbocycles. The Hall–Kier alpha value is -1.87. The molecule has 2 rings (SSSR count). The number of carbonyl (C=O) groups excluding carboxylic acids is 1. The molecule has 2 aromatic rings. The van der Waals surface area contributed by atoms with Crippen LogP contribution in [-0.2, 0) is 6.54 Å². The van der Waals surface area contributed by atoms with Crippen molar-refractivity contribution in [2.45, 2.75) is 20.4 Å². The smallest absolute Gasteiger partial charge is 0.169 e. The van der Waals surface area contributed by atoms with Gasteiger partial charge in [-0.3, -0.25) is 4.79 Å². The lowest BCUT2D eigenvalue weighted by molar-refractivity contribution is 0.0779. The number of rotatable bonds is 6. The fraction of sp³-hybridized carbons (Fsp3) is 0.353. The zero-order valence-corrected chi connectivity index (χ0v) is 12.3. The summed E-state index contributed by atoms with van der Waals surface area (Å²) >= 11 is 0. The van der Waals surface area contributed by atoms with Gasteiger partial charge in [0.25, 0.3) is 0 Å². The lowest BCUT2D eigenvalue weighted by atomic mass is 9.83. The Morgan fingerprint density at radius 2 is 1.90 bits per heavy atom. The second-order valence-electron chi connectivity index (χ2n) is 5.88. The summed E-state index contributed by atoms with van der Waals surface area (Å²) in [6.45, 7) is 5.47. The van der Waals surface area contributed by atoms with Gasteiger partial charge in [0.05, 0.1) is 12.5 Å². The van der Waals surface area contributed by atoms with E-state index in [1.807, 2.05) is 57.3 Å². The minimum Gasteiger partial charge on any atom is -0.472 e. The van der Waals surface area contributed by atoms with Crippen molar-refractivity contribution in [3.63, 3.8) is 0 Å². The fourth-order valence-corrected chi connectivity index (χ4v) is 2.48. The highest BCUT2D eigenvalue weighted by Crippen LogP contribution is 2.23. The van der Waals surface area contributed by atoms with Gasteiger partial charge in [0.15, 0.2) is 5.78 Å². The van der Waals surface area contributed by atoms with Gasteiger partial charge in [-0.1, -0.05) is 44.2 Å². The number of benzene rings is 1. The van der Waals surface area contributed by atoms with Crippen molar-refractivity contribution in [3.8, 4) is 0 Å². The van der Waals surface area contributed by atoms with Crippen molar-refractivity contribution in [1.29, 1.82) is 0 Å². The van der Waals surface area contributed by atoms with Crippen LogP contribution in [0, 0.1) is 5.41 Å². The van der Waals surface area contributed by atoms with Crippen molar-refractivity contribution in [2.75, 3.05) is 13.6 Å². The van der Waals surface area contributed by atoms with E-state index < -0.39 is 5.41 Å². The number of nitrogens with zero attached hydrogens (tertiary/aromatic N) is 1. The second kappa shape index (κ2) is 6.06. The Morgan fingerprint density at radius 3 is 2.50 bits per heavy atom. The van der Waals surface area contributed by atoms with Crippen LogP contribution in [0.1, 0.15) is 29.8 Å². The van der Waals surface area contributed by atoms with Gasteiger partial charge in [0.1, 0.15) is 0 Å². The first-order valence-electron chi connectivity index (χ1n) is 6.78. The topological polar surface area (TPSA) is 33.5 Å². The Kier molecular flexibility index (Phi) is 4.40. The minimum atomic E-state index is -0.417. The van der Waals surface area contributed by atoms with Crippen molar-refractivity contribution in [3.05, 3.63) is 60.1 Å². The molecule has 0 saturated heterocycles. The van der Waals surface area contributed by atoms with Crippen molar-refractivity contribution >= 4 is 5.78 Å². The summed E-state index contributed by atoms with van der Waals surface area (Å²) in [5.41, 5.74) is 1.48. The van der Waals surface area contributed by atoms with Gasteiger partial charge in [-0.2, -0.15) is 0 Å².